The highest BCUT2D eigenvalue weighted by molar-refractivity contribution is 7.99. The zero-order valence-corrected chi connectivity index (χ0v) is 12.1. The summed E-state index contributed by atoms with van der Waals surface area (Å²) < 4.78 is 4.77. The van der Waals surface area contributed by atoms with Crippen LogP contribution < -0.4 is 0 Å². The Kier molecular flexibility index (Phi) is 3.52. The summed E-state index contributed by atoms with van der Waals surface area (Å²) in [6.07, 6.45) is 6.38. The highest BCUT2D eigenvalue weighted by atomic mass is 32.2. The largest absolute Gasteiger partial charge is 0.469 e. The molecule has 0 unspecified atom stereocenters. The van der Waals surface area contributed by atoms with Gasteiger partial charge in [-0.05, 0) is 49.1 Å². The van der Waals surface area contributed by atoms with Gasteiger partial charge in [0.1, 0.15) is 0 Å². The lowest BCUT2D eigenvalue weighted by atomic mass is 10.1. The van der Waals surface area contributed by atoms with Crippen LogP contribution in [-0.4, -0.2) is 23.8 Å². The second-order valence-electron chi connectivity index (χ2n) is 5.65. The Morgan fingerprint density at radius 3 is 3.00 bits per heavy atom. The summed E-state index contributed by atoms with van der Waals surface area (Å²) in [6, 6.07) is 4.35. The summed E-state index contributed by atoms with van der Waals surface area (Å²) in [5, 5.41) is 1.11. The number of aryl methyl sites for hydroxylation is 2. The summed E-state index contributed by atoms with van der Waals surface area (Å²) in [7, 11) is 1.47. The topological polar surface area (TPSA) is 39.2 Å². The van der Waals surface area contributed by atoms with E-state index in [4.69, 9.17) is 9.72 Å². The maximum atomic E-state index is 11.4. The van der Waals surface area contributed by atoms with Crippen LogP contribution in [-0.2, 0) is 22.4 Å². The molecule has 19 heavy (non-hydrogen) atoms. The molecule has 1 heterocycles. The summed E-state index contributed by atoms with van der Waals surface area (Å²) in [4.78, 5) is 16.1. The minimum Gasteiger partial charge on any atom is -0.469 e. The number of hydrogen-bond acceptors (Lipinski definition) is 4. The van der Waals surface area contributed by atoms with Crippen molar-refractivity contribution in [3.05, 3.63) is 23.4 Å². The van der Waals surface area contributed by atoms with E-state index in [0.29, 0.717) is 6.42 Å². The highest BCUT2D eigenvalue weighted by Crippen LogP contribution is 2.52. The van der Waals surface area contributed by atoms with Gasteiger partial charge >= 0.3 is 5.97 Å². The van der Waals surface area contributed by atoms with Gasteiger partial charge in [-0.3, -0.25) is 4.79 Å². The van der Waals surface area contributed by atoms with Gasteiger partial charge in [-0.15, -0.1) is 11.8 Å². The molecular weight excluding hydrogens is 258 g/mol. The maximum absolute atomic E-state index is 11.4. The van der Waals surface area contributed by atoms with Crippen LogP contribution in [0.25, 0.3) is 0 Å². The maximum Gasteiger partial charge on any atom is 0.306 e. The number of esters is 1. The molecule has 2 aliphatic carbocycles. The molecule has 0 amide bonds. The number of thioether (sulfide) groups is 1. The van der Waals surface area contributed by atoms with Crippen molar-refractivity contribution >= 4 is 17.7 Å². The molecule has 0 atom stereocenters. The van der Waals surface area contributed by atoms with Gasteiger partial charge in [-0.1, -0.05) is 6.07 Å². The first-order valence-electron chi connectivity index (χ1n) is 6.89. The Bertz CT molecular complexity index is 497. The summed E-state index contributed by atoms with van der Waals surface area (Å²) in [5.74, 6) is 0.897. The van der Waals surface area contributed by atoms with Gasteiger partial charge in [-0.2, -0.15) is 0 Å². The molecule has 0 N–H and O–H groups in total. The number of nitrogens with zero attached hydrogens (tertiary/aromatic N) is 1. The molecule has 3 rings (SSSR count). The lowest BCUT2D eigenvalue weighted by molar-refractivity contribution is -0.141. The van der Waals surface area contributed by atoms with E-state index in [0.717, 1.165) is 30.0 Å². The number of methoxy groups -OCH3 is 1. The summed E-state index contributed by atoms with van der Waals surface area (Å²) in [5.41, 5.74) is 2.88. The van der Waals surface area contributed by atoms with E-state index in [1.54, 1.807) is 11.8 Å². The number of pyridine rings is 1. The fourth-order valence-electron chi connectivity index (χ4n) is 2.64. The van der Waals surface area contributed by atoms with Crippen LogP contribution in [0.1, 0.15) is 36.9 Å². The number of ether oxygens (including phenoxy) is 1. The Labute approximate surface area is 118 Å². The van der Waals surface area contributed by atoms with Crippen molar-refractivity contribution in [2.24, 2.45) is 5.41 Å². The number of carbonyl (C=O) groups is 1. The zero-order chi connectivity index (χ0) is 13.3. The van der Waals surface area contributed by atoms with Gasteiger partial charge in [-0.25, -0.2) is 4.98 Å². The molecule has 3 nitrogen and oxygen atoms in total. The minimum atomic E-state index is -0.0833. The smallest absolute Gasteiger partial charge is 0.306 e. The van der Waals surface area contributed by atoms with Crippen LogP contribution >= 0.6 is 11.8 Å². The minimum absolute atomic E-state index is 0.0833. The number of fused-ring (bicyclic) bond motifs is 1. The molecule has 1 saturated carbocycles. The van der Waals surface area contributed by atoms with Gasteiger partial charge in [0.05, 0.1) is 18.6 Å². The average molecular weight is 277 g/mol. The van der Waals surface area contributed by atoms with E-state index >= 15 is 0 Å². The van der Waals surface area contributed by atoms with Crippen LogP contribution in [0.15, 0.2) is 17.2 Å². The molecule has 0 aromatic carbocycles. The third-order valence-electron chi connectivity index (χ3n) is 4.13. The van der Waals surface area contributed by atoms with E-state index in [-0.39, 0.29) is 11.4 Å². The number of carbonyl (C=O) groups excluding carboxylic acids is 1. The monoisotopic (exact) mass is 277 g/mol. The first-order chi connectivity index (χ1) is 9.21. The quantitative estimate of drug-likeness (QED) is 0.612. The first-order valence-corrected chi connectivity index (χ1v) is 7.88. The Morgan fingerprint density at radius 1 is 1.42 bits per heavy atom. The van der Waals surface area contributed by atoms with Crippen LogP contribution in [0.4, 0.5) is 0 Å². The van der Waals surface area contributed by atoms with Gasteiger partial charge in [0.25, 0.3) is 0 Å². The molecule has 4 heteroatoms. The van der Waals surface area contributed by atoms with Crippen molar-refractivity contribution < 1.29 is 9.53 Å². The lowest BCUT2D eigenvalue weighted by Gasteiger charge is -2.13. The second kappa shape index (κ2) is 5.16. The van der Waals surface area contributed by atoms with E-state index in [9.17, 15) is 4.79 Å². The lowest BCUT2D eigenvalue weighted by Crippen LogP contribution is -2.13. The molecule has 0 saturated heterocycles. The van der Waals surface area contributed by atoms with Gasteiger partial charge in [0.15, 0.2) is 0 Å². The Hall–Kier alpha value is -1.03. The second-order valence-corrected chi connectivity index (χ2v) is 6.65. The number of rotatable bonds is 5. The SMILES string of the molecule is COC(=O)CC1(CSc2ccc3c(n2)CCC3)CC1. The van der Waals surface area contributed by atoms with Crippen molar-refractivity contribution in [2.45, 2.75) is 43.6 Å². The molecule has 0 radical (unpaired) electrons. The van der Waals surface area contributed by atoms with Gasteiger partial charge in [0.2, 0.25) is 0 Å². The van der Waals surface area contributed by atoms with E-state index < -0.39 is 0 Å². The van der Waals surface area contributed by atoms with E-state index in [2.05, 4.69) is 12.1 Å². The number of hydrogen-bond donors (Lipinski definition) is 0. The van der Waals surface area contributed by atoms with Crippen LogP contribution in [0.3, 0.4) is 0 Å². The fourth-order valence-corrected chi connectivity index (χ4v) is 3.82. The number of aromatic nitrogens is 1. The molecule has 0 bridgehead atoms. The summed E-state index contributed by atoms with van der Waals surface area (Å²) in [6.45, 7) is 0. The highest BCUT2D eigenvalue weighted by Gasteiger charge is 2.44. The molecule has 1 aromatic heterocycles. The zero-order valence-electron chi connectivity index (χ0n) is 11.3. The van der Waals surface area contributed by atoms with E-state index in [1.165, 1.54) is 31.2 Å². The molecule has 1 aromatic rings. The van der Waals surface area contributed by atoms with Crippen LogP contribution in [0, 0.1) is 5.41 Å². The molecule has 0 spiro atoms. The average Bonchev–Trinajstić information content (AvgIpc) is 3.02. The van der Waals surface area contributed by atoms with Gasteiger partial charge < -0.3 is 4.74 Å². The molecular formula is C15H19NO2S. The molecule has 2 aliphatic rings. The first kappa shape index (κ1) is 13.0. The van der Waals surface area contributed by atoms with Crippen molar-refractivity contribution in [3.63, 3.8) is 0 Å². The van der Waals surface area contributed by atoms with E-state index in [1.807, 2.05) is 0 Å². The molecule has 102 valence electrons. The summed E-state index contributed by atoms with van der Waals surface area (Å²) >= 11 is 1.79. The van der Waals surface area contributed by atoms with Crippen LogP contribution in [0.2, 0.25) is 0 Å². The Morgan fingerprint density at radius 2 is 2.26 bits per heavy atom. The fraction of sp³-hybridized carbons (Fsp3) is 0.600. The normalized spacial score (nSPS) is 19.0. The van der Waals surface area contributed by atoms with Crippen molar-refractivity contribution in [2.75, 3.05) is 12.9 Å². The predicted octanol–water partition coefficient (Wildman–Crippen LogP) is 3.01. The molecule has 0 aliphatic heterocycles. The predicted molar refractivity (Wildman–Crippen MR) is 75.3 cm³/mol. The van der Waals surface area contributed by atoms with Gasteiger partial charge in [0, 0.05) is 11.4 Å². The standard InChI is InChI=1S/C15H19NO2S/c1-18-14(17)9-15(7-8-15)10-19-13-6-5-11-3-2-4-12(11)16-13/h5-6H,2-4,7-10H2,1H3. The third kappa shape index (κ3) is 2.94. The molecule has 1 fully saturated rings. The van der Waals surface area contributed by atoms with Crippen LogP contribution in [0.5, 0.6) is 0 Å². The van der Waals surface area contributed by atoms with Crippen molar-refractivity contribution in [1.82, 2.24) is 4.98 Å². The third-order valence-corrected chi connectivity index (χ3v) is 5.41. The Balaban J connectivity index is 1.59. The van der Waals surface area contributed by atoms with Crippen molar-refractivity contribution in [1.29, 1.82) is 0 Å². The van der Waals surface area contributed by atoms with Crippen molar-refractivity contribution in [3.8, 4) is 0 Å².